The number of carbonyl (C=O) groups is 1. The van der Waals surface area contributed by atoms with Crippen molar-refractivity contribution in [2.24, 2.45) is 5.73 Å². The van der Waals surface area contributed by atoms with E-state index in [1.807, 2.05) is 30.3 Å². The maximum atomic E-state index is 9.75. The first-order valence-corrected chi connectivity index (χ1v) is 4.22. The predicted octanol–water partition coefficient (Wildman–Crippen LogP) is 1.84. The summed E-state index contributed by atoms with van der Waals surface area (Å²) >= 11 is 0. The molecule has 0 aliphatic heterocycles. The lowest BCUT2D eigenvalue weighted by Crippen LogP contribution is -1.94. The summed E-state index contributed by atoms with van der Waals surface area (Å²) in [5, 5.41) is 0. The van der Waals surface area contributed by atoms with Gasteiger partial charge in [-0.05, 0) is 5.56 Å². The van der Waals surface area contributed by atoms with Crippen LogP contribution >= 0.6 is 0 Å². The molecule has 0 bridgehead atoms. The van der Waals surface area contributed by atoms with E-state index in [0.29, 0.717) is 6.54 Å². The summed E-state index contributed by atoms with van der Waals surface area (Å²) in [6.45, 7) is 5.12. The van der Waals surface area contributed by atoms with Crippen molar-refractivity contribution in [1.29, 1.82) is 0 Å². The van der Waals surface area contributed by atoms with Gasteiger partial charge in [0.25, 0.3) is 0 Å². The van der Waals surface area contributed by atoms with Crippen molar-refractivity contribution in [2.75, 3.05) is 0 Å². The second kappa shape index (κ2) is 8.01. The highest BCUT2D eigenvalue weighted by Gasteiger charge is 1.80. The smallest absolute Gasteiger partial charge is 0.307 e. The molecule has 2 N–H and O–H groups in total. The molecule has 0 atom stereocenters. The Labute approximate surface area is 84.2 Å². The van der Waals surface area contributed by atoms with Gasteiger partial charge in [-0.3, -0.25) is 4.79 Å². The van der Waals surface area contributed by atoms with Crippen molar-refractivity contribution in [3.8, 4) is 0 Å². The highest BCUT2D eigenvalue weighted by Crippen LogP contribution is 1.94. The summed E-state index contributed by atoms with van der Waals surface area (Å²) in [6.07, 6.45) is 1.10. The summed E-state index contributed by atoms with van der Waals surface area (Å²) in [6, 6.07) is 9.99. The van der Waals surface area contributed by atoms with E-state index in [0.717, 1.165) is 6.26 Å². The Morgan fingerprint density at radius 1 is 1.50 bits per heavy atom. The second-order valence-electron chi connectivity index (χ2n) is 2.47. The van der Waals surface area contributed by atoms with Crippen LogP contribution in [0.25, 0.3) is 0 Å². The van der Waals surface area contributed by atoms with Crippen LogP contribution in [0.2, 0.25) is 0 Å². The molecule has 0 saturated heterocycles. The number of rotatable bonds is 2. The fourth-order valence-corrected chi connectivity index (χ4v) is 0.731. The average molecular weight is 193 g/mol. The summed E-state index contributed by atoms with van der Waals surface area (Å²) in [5.41, 5.74) is 6.54. The number of ether oxygens (including phenoxy) is 1. The van der Waals surface area contributed by atoms with E-state index in [1.165, 1.54) is 12.5 Å². The molecular weight excluding hydrogens is 178 g/mol. The largest absolute Gasteiger partial charge is 0.435 e. The molecule has 14 heavy (non-hydrogen) atoms. The third kappa shape index (κ3) is 7.06. The predicted molar refractivity (Wildman–Crippen MR) is 56.3 cm³/mol. The van der Waals surface area contributed by atoms with E-state index in [4.69, 9.17) is 5.73 Å². The normalized spacial score (nSPS) is 8.14. The molecule has 1 rings (SSSR count). The van der Waals surface area contributed by atoms with E-state index in [1.54, 1.807) is 0 Å². The zero-order valence-electron chi connectivity index (χ0n) is 8.27. The van der Waals surface area contributed by atoms with Crippen LogP contribution in [0.5, 0.6) is 0 Å². The molecule has 0 radical (unpaired) electrons. The zero-order valence-corrected chi connectivity index (χ0v) is 8.27. The molecule has 0 spiro atoms. The van der Waals surface area contributed by atoms with Crippen molar-refractivity contribution in [2.45, 2.75) is 13.5 Å². The van der Waals surface area contributed by atoms with Gasteiger partial charge in [-0.25, -0.2) is 0 Å². The van der Waals surface area contributed by atoms with Gasteiger partial charge in [-0.1, -0.05) is 36.9 Å². The first kappa shape index (κ1) is 12.4. The third-order valence-electron chi connectivity index (χ3n) is 1.33. The molecule has 1 aromatic carbocycles. The lowest BCUT2D eigenvalue weighted by Gasteiger charge is -1.90. The van der Waals surface area contributed by atoms with Crippen LogP contribution in [-0.2, 0) is 16.1 Å². The monoisotopic (exact) mass is 193 g/mol. The van der Waals surface area contributed by atoms with Crippen LogP contribution in [0.3, 0.4) is 0 Å². The van der Waals surface area contributed by atoms with Gasteiger partial charge in [0, 0.05) is 13.5 Å². The molecule has 0 heterocycles. The molecule has 0 aliphatic carbocycles. The van der Waals surface area contributed by atoms with Crippen LogP contribution in [0.15, 0.2) is 43.2 Å². The third-order valence-corrected chi connectivity index (χ3v) is 1.33. The van der Waals surface area contributed by atoms with Gasteiger partial charge in [0.2, 0.25) is 0 Å². The van der Waals surface area contributed by atoms with Crippen molar-refractivity contribution in [3.63, 3.8) is 0 Å². The van der Waals surface area contributed by atoms with Gasteiger partial charge in [0.05, 0.1) is 6.26 Å². The fourth-order valence-electron chi connectivity index (χ4n) is 0.731. The van der Waals surface area contributed by atoms with Crippen LogP contribution in [0.4, 0.5) is 0 Å². The Bertz CT molecular complexity index is 270. The van der Waals surface area contributed by atoms with Crippen molar-refractivity contribution in [3.05, 3.63) is 48.7 Å². The molecule has 0 fully saturated rings. The van der Waals surface area contributed by atoms with Gasteiger partial charge in [-0.15, -0.1) is 0 Å². The minimum absolute atomic E-state index is 0.329. The number of hydrogen-bond donors (Lipinski definition) is 1. The van der Waals surface area contributed by atoms with Gasteiger partial charge in [0.15, 0.2) is 0 Å². The molecule has 76 valence electrons. The molecule has 0 unspecified atom stereocenters. The Kier molecular flexibility index (Phi) is 7.09. The Morgan fingerprint density at radius 2 is 2.07 bits per heavy atom. The molecular formula is C11H15NO2. The summed E-state index contributed by atoms with van der Waals surface area (Å²) in [7, 11) is 0. The summed E-state index contributed by atoms with van der Waals surface area (Å²) in [5.74, 6) is -0.329. The van der Waals surface area contributed by atoms with E-state index < -0.39 is 0 Å². The summed E-state index contributed by atoms with van der Waals surface area (Å²) < 4.78 is 4.17. The molecule has 3 heteroatoms. The fraction of sp³-hybridized carbons (Fsp3) is 0.182. The van der Waals surface area contributed by atoms with Crippen LogP contribution in [-0.4, -0.2) is 5.97 Å². The van der Waals surface area contributed by atoms with Crippen molar-refractivity contribution in [1.82, 2.24) is 0 Å². The topological polar surface area (TPSA) is 52.3 Å². The SMILES string of the molecule is C=COC(C)=O.NCc1ccccc1. The number of benzene rings is 1. The molecule has 0 saturated carbocycles. The quantitative estimate of drug-likeness (QED) is 0.576. The van der Waals surface area contributed by atoms with Gasteiger partial charge >= 0.3 is 5.97 Å². The second-order valence-corrected chi connectivity index (χ2v) is 2.47. The number of hydrogen-bond acceptors (Lipinski definition) is 3. The molecule has 1 aromatic rings. The van der Waals surface area contributed by atoms with E-state index in [9.17, 15) is 4.79 Å². The maximum Gasteiger partial charge on any atom is 0.307 e. The molecule has 3 nitrogen and oxygen atoms in total. The highest BCUT2D eigenvalue weighted by molar-refractivity contribution is 5.66. The number of nitrogens with two attached hydrogens (primary N) is 1. The van der Waals surface area contributed by atoms with Crippen molar-refractivity contribution < 1.29 is 9.53 Å². The minimum Gasteiger partial charge on any atom is -0.435 e. The first-order valence-electron chi connectivity index (χ1n) is 4.22. The lowest BCUT2D eigenvalue weighted by atomic mass is 10.2. The minimum atomic E-state index is -0.329. The standard InChI is InChI=1S/C7H9N.C4H6O2/c8-6-7-4-2-1-3-5-7;1-3-6-4(2)5/h1-5H,6,8H2;3H,1H2,2H3. The highest BCUT2D eigenvalue weighted by atomic mass is 16.5. The van der Waals surface area contributed by atoms with E-state index in [-0.39, 0.29) is 5.97 Å². The molecule has 0 amide bonds. The van der Waals surface area contributed by atoms with Crippen LogP contribution < -0.4 is 5.73 Å². The van der Waals surface area contributed by atoms with Crippen molar-refractivity contribution >= 4 is 5.97 Å². The van der Waals surface area contributed by atoms with Gasteiger partial charge < -0.3 is 10.5 Å². The average Bonchev–Trinajstić information content (AvgIpc) is 2.20. The lowest BCUT2D eigenvalue weighted by molar-refractivity contribution is -0.135. The number of esters is 1. The Hall–Kier alpha value is -1.61. The Balaban J connectivity index is 0.000000255. The zero-order chi connectivity index (χ0) is 10.8. The van der Waals surface area contributed by atoms with Crippen LogP contribution in [0, 0.1) is 0 Å². The Morgan fingerprint density at radius 3 is 2.29 bits per heavy atom. The molecule has 0 aromatic heterocycles. The number of carbonyl (C=O) groups excluding carboxylic acids is 1. The van der Waals surface area contributed by atoms with E-state index >= 15 is 0 Å². The molecule has 0 aliphatic rings. The van der Waals surface area contributed by atoms with E-state index in [2.05, 4.69) is 11.3 Å². The van der Waals surface area contributed by atoms with Gasteiger partial charge in [-0.2, -0.15) is 0 Å². The van der Waals surface area contributed by atoms with Gasteiger partial charge in [0.1, 0.15) is 0 Å². The van der Waals surface area contributed by atoms with Crippen LogP contribution in [0.1, 0.15) is 12.5 Å². The first-order chi connectivity index (χ1) is 6.70. The maximum absolute atomic E-state index is 9.75. The summed E-state index contributed by atoms with van der Waals surface area (Å²) in [4.78, 5) is 9.75.